The number of benzene rings is 1. The smallest absolute Gasteiger partial charge is 0.344 e. The number of nitrogens with zero attached hydrogens (tertiary/aromatic N) is 1. The highest BCUT2D eigenvalue weighted by Gasteiger charge is 2.17. The molecule has 1 aromatic rings. The van der Waals surface area contributed by atoms with Crippen molar-refractivity contribution in [3.8, 4) is 5.75 Å². The van der Waals surface area contributed by atoms with Gasteiger partial charge in [0.15, 0.2) is 5.57 Å². The van der Waals surface area contributed by atoms with Crippen LogP contribution in [0.1, 0.15) is 0 Å². The van der Waals surface area contributed by atoms with E-state index in [0.717, 1.165) is 6.20 Å². The molecule has 0 radical (unpaired) electrons. The number of ether oxygens (including phenoxy) is 1. The molecular weight excluding hydrogens is 238 g/mol. The maximum Gasteiger partial charge on any atom is 0.344 e. The van der Waals surface area contributed by atoms with E-state index in [0.29, 0.717) is 11.4 Å². The maximum absolute atomic E-state index is 10.7. The van der Waals surface area contributed by atoms with E-state index in [1.54, 1.807) is 31.3 Å². The van der Waals surface area contributed by atoms with E-state index < -0.39 is 17.5 Å². The Morgan fingerprint density at radius 1 is 1.17 bits per heavy atom. The second-order valence-electron chi connectivity index (χ2n) is 3.46. The number of carboxylic acids is 2. The number of hydrogen-bond donors (Lipinski definition) is 2. The van der Waals surface area contributed by atoms with Gasteiger partial charge in [0.2, 0.25) is 0 Å². The predicted molar refractivity (Wildman–Crippen MR) is 64.8 cm³/mol. The Bertz CT molecular complexity index is 462. The summed E-state index contributed by atoms with van der Waals surface area (Å²) in [4.78, 5) is 22.8. The van der Waals surface area contributed by atoms with Gasteiger partial charge in [0.05, 0.1) is 7.11 Å². The Labute approximate surface area is 104 Å². The third-order valence-electron chi connectivity index (χ3n) is 2.26. The number of aliphatic carboxylic acids is 2. The summed E-state index contributed by atoms with van der Waals surface area (Å²) in [5, 5.41) is 17.5. The van der Waals surface area contributed by atoms with Crippen LogP contribution in [0, 0.1) is 0 Å². The zero-order chi connectivity index (χ0) is 13.7. The molecule has 1 rings (SSSR count). The van der Waals surface area contributed by atoms with Gasteiger partial charge in [0.1, 0.15) is 5.75 Å². The minimum atomic E-state index is -1.48. The number of anilines is 1. The average Bonchev–Trinajstić information content (AvgIpc) is 2.35. The molecule has 0 aliphatic heterocycles. The quantitative estimate of drug-likeness (QED) is 0.464. The summed E-state index contributed by atoms with van der Waals surface area (Å²) < 4.78 is 4.98. The van der Waals surface area contributed by atoms with Crippen molar-refractivity contribution in [2.75, 3.05) is 19.1 Å². The lowest BCUT2D eigenvalue weighted by Crippen LogP contribution is -2.17. The van der Waals surface area contributed by atoms with E-state index in [-0.39, 0.29) is 0 Å². The molecule has 0 spiro atoms. The molecule has 0 saturated heterocycles. The normalized spacial score (nSPS) is 9.44. The van der Waals surface area contributed by atoms with Crippen molar-refractivity contribution in [3.05, 3.63) is 36.0 Å². The van der Waals surface area contributed by atoms with E-state index in [4.69, 9.17) is 14.9 Å². The Morgan fingerprint density at radius 3 is 2.06 bits per heavy atom. The number of hydrogen-bond acceptors (Lipinski definition) is 4. The molecule has 0 aromatic heterocycles. The second-order valence-corrected chi connectivity index (χ2v) is 3.46. The number of carbonyl (C=O) groups is 2. The fraction of sp³-hybridized carbons (Fsp3) is 0.167. The summed E-state index contributed by atoms with van der Waals surface area (Å²) in [6, 6.07) is 6.77. The zero-order valence-electron chi connectivity index (χ0n) is 9.95. The maximum atomic E-state index is 10.7. The molecule has 0 fully saturated rings. The van der Waals surface area contributed by atoms with Crippen LogP contribution in [0.15, 0.2) is 36.0 Å². The Balaban J connectivity index is 2.98. The molecule has 96 valence electrons. The Morgan fingerprint density at radius 2 is 1.67 bits per heavy atom. The third-order valence-corrected chi connectivity index (χ3v) is 2.26. The molecule has 0 saturated carbocycles. The first-order chi connectivity index (χ1) is 8.45. The van der Waals surface area contributed by atoms with Crippen molar-refractivity contribution < 1.29 is 24.5 Å². The molecule has 0 aliphatic rings. The molecular formula is C12H13NO5. The van der Waals surface area contributed by atoms with Gasteiger partial charge in [-0.1, -0.05) is 0 Å². The summed E-state index contributed by atoms with van der Waals surface area (Å²) in [5.41, 5.74) is -0.0517. The molecule has 0 heterocycles. The summed E-state index contributed by atoms with van der Waals surface area (Å²) in [6.45, 7) is 0. The van der Waals surface area contributed by atoms with Crippen LogP contribution in [-0.4, -0.2) is 36.3 Å². The molecule has 6 nitrogen and oxygen atoms in total. The summed E-state index contributed by atoms with van der Waals surface area (Å²) in [7, 11) is 3.10. The zero-order valence-corrected chi connectivity index (χ0v) is 9.95. The molecule has 18 heavy (non-hydrogen) atoms. The number of rotatable bonds is 5. The standard InChI is InChI=1S/C12H13NO5/c1-13(7-10(11(14)15)12(16)17)8-3-5-9(18-2)6-4-8/h3-7H,1-2H3,(H,14,15)(H,16,17). The monoisotopic (exact) mass is 251 g/mol. The van der Waals surface area contributed by atoms with Crippen molar-refractivity contribution in [2.45, 2.75) is 0 Å². The van der Waals surface area contributed by atoms with Gasteiger partial charge in [-0.2, -0.15) is 0 Å². The van der Waals surface area contributed by atoms with E-state index in [1.165, 1.54) is 12.0 Å². The van der Waals surface area contributed by atoms with Crippen molar-refractivity contribution in [2.24, 2.45) is 0 Å². The van der Waals surface area contributed by atoms with Crippen LogP contribution < -0.4 is 9.64 Å². The fourth-order valence-corrected chi connectivity index (χ4v) is 1.29. The first kappa shape index (κ1) is 13.6. The molecule has 0 unspecified atom stereocenters. The largest absolute Gasteiger partial charge is 0.497 e. The van der Waals surface area contributed by atoms with E-state index in [9.17, 15) is 9.59 Å². The van der Waals surface area contributed by atoms with Gasteiger partial charge in [-0.25, -0.2) is 9.59 Å². The van der Waals surface area contributed by atoms with Crippen LogP contribution in [0.4, 0.5) is 5.69 Å². The molecule has 0 amide bonds. The fourth-order valence-electron chi connectivity index (χ4n) is 1.29. The van der Waals surface area contributed by atoms with Crippen molar-refractivity contribution in [1.29, 1.82) is 0 Å². The van der Waals surface area contributed by atoms with E-state index in [1.807, 2.05) is 0 Å². The van der Waals surface area contributed by atoms with Crippen molar-refractivity contribution in [1.82, 2.24) is 0 Å². The topological polar surface area (TPSA) is 87.1 Å². The highest BCUT2D eigenvalue weighted by atomic mass is 16.5. The summed E-state index contributed by atoms with van der Waals surface area (Å²) in [6.07, 6.45) is 1.05. The van der Waals surface area contributed by atoms with E-state index in [2.05, 4.69) is 0 Å². The molecule has 0 bridgehead atoms. The molecule has 0 aliphatic carbocycles. The molecule has 6 heteroatoms. The summed E-state index contributed by atoms with van der Waals surface area (Å²) >= 11 is 0. The highest BCUT2D eigenvalue weighted by molar-refractivity contribution is 6.12. The number of carboxylic acid groups (broad SMARTS) is 2. The first-order valence-electron chi connectivity index (χ1n) is 5.01. The average molecular weight is 251 g/mol. The number of methoxy groups -OCH3 is 1. The lowest BCUT2D eigenvalue weighted by Gasteiger charge is -2.15. The van der Waals surface area contributed by atoms with Crippen LogP contribution in [0.2, 0.25) is 0 Å². The first-order valence-corrected chi connectivity index (χ1v) is 5.01. The van der Waals surface area contributed by atoms with Crippen molar-refractivity contribution >= 4 is 17.6 Å². The molecule has 1 aromatic carbocycles. The highest BCUT2D eigenvalue weighted by Crippen LogP contribution is 2.18. The SMILES string of the molecule is COc1ccc(N(C)C=C(C(=O)O)C(=O)O)cc1. The van der Waals surface area contributed by atoms with Gasteiger partial charge in [-0.15, -0.1) is 0 Å². The van der Waals surface area contributed by atoms with E-state index >= 15 is 0 Å². The Hall–Kier alpha value is -2.50. The Kier molecular flexibility index (Phi) is 4.31. The van der Waals surface area contributed by atoms with Crippen LogP contribution >= 0.6 is 0 Å². The summed E-state index contributed by atoms with van der Waals surface area (Å²) in [5.74, 6) is -2.31. The van der Waals surface area contributed by atoms with Gasteiger partial charge in [0, 0.05) is 18.9 Å². The minimum Gasteiger partial charge on any atom is -0.497 e. The van der Waals surface area contributed by atoms with Crippen LogP contribution in [-0.2, 0) is 9.59 Å². The van der Waals surface area contributed by atoms with Gasteiger partial charge in [-0.05, 0) is 24.3 Å². The lowest BCUT2D eigenvalue weighted by atomic mass is 10.2. The predicted octanol–water partition coefficient (Wildman–Crippen LogP) is 1.18. The molecule has 0 atom stereocenters. The van der Waals surface area contributed by atoms with Crippen LogP contribution in [0.3, 0.4) is 0 Å². The minimum absolute atomic E-state index is 0.649. The van der Waals surface area contributed by atoms with Gasteiger partial charge >= 0.3 is 11.9 Å². The van der Waals surface area contributed by atoms with Crippen LogP contribution in [0.25, 0.3) is 0 Å². The second kappa shape index (κ2) is 5.72. The van der Waals surface area contributed by atoms with Gasteiger partial charge < -0.3 is 19.8 Å². The van der Waals surface area contributed by atoms with Crippen molar-refractivity contribution in [3.63, 3.8) is 0 Å². The molecule has 2 N–H and O–H groups in total. The third kappa shape index (κ3) is 3.24. The van der Waals surface area contributed by atoms with Gasteiger partial charge in [-0.3, -0.25) is 0 Å². The van der Waals surface area contributed by atoms with Crippen LogP contribution in [0.5, 0.6) is 5.75 Å². The van der Waals surface area contributed by atoms with Gasteiger partial charge in [0.25, 0.3) is 0 Å². The lowest BCUT2D eigenvalue weighted by molar-refractivity contribution is -0.140.